The minimum absolute atomic E-state index is 0.175. The van der Waals surface area contributed by atoms with E-state index >= 15 is 0 Å². The van der Waals surface area contributed by atoms with Gasteiger partial charge in [-0.05, 0) is 43.1 Å². The Labute approximate surface area is 97.8 Å². The van der Waals surface area contributed by atoms with E-state index in [1.807, 2.05) is 11.9 Å². The van der Waals surface area contributed by atoms with Crippen LogP contribution < -0.4 is 0 Å². The van der Waals surface area contributed by atoms with Crippen molar-refractivity contribution in [1.29, 1.82) is 0 Å². The maximum atomic E-state index is 10.7. The van der Waals surface area contributed by atoms with Crippen LogP contribution in [0.4, 0.5) is 0 Å². The Morgan fingerprint density at radius 2 is 2.06 bits per heavy atom. The first-order chi connectivity index (χ1) is 7.34. The van der Waals surface area contributed by atoms with Gasteiger partial charge in [-0.25, -0.2) is 0 Å². The van der Waals surface area contributed by atoms with Crippen LogP contribution in [0.3, 0.4) is 0 Å². The van der Waals surface area contributed by atoms with Crippen molar-refractivity contribution in [3.8, 4) is 0 Å². The molecule has 1 N–H and O–H groups in total. The molecule has 0 aromatic heterocycles. The van der Waals surface area contributed by atoms with Gasteiger partial charge in [-0.2, -0.15) is 0 Å². The van der Waals surface area contributed by atoms with Crippen LogP contribution >= 0.6 is 0 Å². The number of fused-ring (bicyclic) bond motifs is 2. The predicted octanol–water partition coefficient (Wildman–Crippen LogP) is 2.07. The topological polar surface area (TPSA) is 40.5 Å². The average molecular weight is 225 g/mol. The normalized spacial score (nSPS) is 40.6. The quantitative estimate of drug-likeness (QED) is 0.799. The lowest BCUT2D eigenvalue weighted by Gasteiger charge is -2.63. The third-order valence-electron chi connectivity index (χ3n) is 5.26. The maximum Gasteiger partial charge on any atom is 0.317 e. The van der Waals surface area contributed by atoms with Crippen molar-refractivity contribution in [2.24, 2.45) is 23.2 Å². The van der Waals surface area contributed by atoms with Gasteiger partial charge in [0.1, 0.15) is 0 Å². The molecule has 0 saturated heterocycles. The van der Waals surface area contributed by atoms with Crippen molar-refractivity contribution in [2.75, 3.05) is 13.6 Å². The minimum Gasteiger partial charge on any atom is -0.480 e. The Hall–Kier alpha value is -0.570. The molecule has 3 fully saturated rings. The summed E-state index contributed by atoms with van der Waals surface area (Å²) in [4.78, 5) is 12.8. The van der Waals surface area contributed by atoms with E-state index in [4.69, 9.17) is 5.11 Å². The molecule has 0 heterocycles. The summed E-state index contributed by atoms with van der Waals surface area (Å²) >= 11 is 0. The van der Waals surface area contributed by atoms with Crippen LogP contribution in [-0.4, -0.2) is 35.6 Å². The van der Waals surface area contributed by atoms with Gasteiger partial charge in [-0.3, -0.25) is 9.69 Å². The van der Waals surface area contributed by atoms with Crippen LogP contribution in [0.25, 0.3) is 0 Å². The molecule has 0 amide bonds. The number of carboxylic acids is 1. The summed E-state index contributed by atoms with van der Waals surface area (Å²) in [5.41, 5.74) is 0.486. The van der Waals surface area contributed by atoms with Crippen LogP contribution in [0.15, 0.2) is 0 Å². The number of hydrogen-bond acceptors (Lipinski definition) is 2. The lowest BCUT2D eigenvalue weighted by atomic mass is 9.44. The third kappa shape index (κ3) is 1.65. The fourth-order valence-electron chi connectivity index (χ4n) is 4.03. The van der Waals surface area contributed by atoms with Crippen LogP contribution in [0, 0.1) is 23.2 Å². The van der Waals surface area contributed by atoms with Crippen molar-refractivity contribution in [1.82, 2.24) is 4.90 Å². The molecule has 0 aromatic rings. The molecule has 3 rings (SSSR count). The van der Waals surface area contributed by atoms with Crippen LogP contribution in [-0.2, 0) is 4.79 Å². The molecule has 0 aliphatic heterocycles. The van der Waals surface area contributed by atoms with Gasteiger partial charge in [-0.15, -0.1) is 0 Å². The second kappa shape index (κ2) is 3.73. The van der Waals surface area contributed by atoms with Gasteiger partial charge in [0, 0.05) is 6.04 Å². The summed E-state index contributed by atoms with van der Waals surface area (Å²) in [6, 6.07) is 0.466. The van der Waals surface area contributed by atoms with Gasteiger partial charge in [0.05, 0.1) is 6.54 Å². The Morgan fingerprint density at radius 1 is 1.44 bits per heavy atom. The second-order valence-electron chi connectivity index (χ2n) is 6.33. The zero-order valence-electron chi connectivity index (χ0n) is 10.7. The highest BCUT2D eigenvalue weighted by Crippen LogP contribution is 2.61. The molecule has 0 spiro atoms. The zero-order chi connectivity index (χ0) is 12.1. The van der Waals surface area contributed by atoms with Gasteiger partial charge >= 0.3 is 5.97 Å². The fourth-order valence-corrected chi connectivity index (χ4v) is 4.03. The Bertz CT molecular complexity index is 300. The number of carbonyl (C=O) groups is 1. The monoisotopic (exact) mass is 225 g/mol. The summed E-state index contributed by atoms with van der Waals surface area (Å²) in [5, 5.41) is 8.84. The molecule has 3 aliphatic rings. The SMILES string of the molecule is C[C@@H]1C(N(C)CC(=O)O)C[C@H]2CC1C2(C)C. The van der Waals surface area contributed by atoms with E-state index in [1.54, 1.807) is 0 Å². The van der Waals surface area contributed by atoms with Gasteiger partial charge < -0.3 is 5.11 Å². The molecule has 3 saturated carbocycles. The number of nitrogens with zero attached hydrogens (tertiary/aromatic N) is 1. The van der Waals surface area contributed by atoms with Crippen molar-refractivity contribution >= 4 is 5.97 Å². The summed E-state index contributed by atoms with van der Waals surface area (Å²) in [6.45, 7) is 7.21. The second-order valence-corrected chi connectivity index (χ2v) is 6.33. The first-order valence-electron chi connectivity index (χ1n) is 6.26. The molecule has 92 valence electrons. The van der Waals surface area contributed by atoms with Crippen molar-refractivity contribution in [3.05, 3.63) is 0 Å². The number of aliphatic carboxylic acids is 1. The van der Waals surface area contributed by atoms with Crippen LogP contribution in [0.1, 0.15) is 33.6 Å². The molecule has 16 heavy (non-hydrogen) atoms. The Morgan fingerprint density at radius 3 is 2.50 bits per heavy atom. The highest BCUT2D eigenvalue weighted by molar-refractivity contribution is 5.69. The Balaban J connectivity index is 2.02. The summed E-state index contributed by atoms with van der Waals surface area (Å²) in [6.07, 6.45) is 2.53. The molecular weight excluding hydrogens is 202 g/mol. The van der Waals surface area contributed by atoms with E-state index in [0.29, 0.717) is 17.4 Å². The molecule has 2 bridgehead atoms. The molecular formula is C13H23NO2. The largest absolute Gasteiger partial charge is 0.480 e. The number of hydrogen-bond donors (Lipinski definition) is 1. The molecule has 4 atom stereocenters. The zero-order valence-corrected chi connectivity index (χ0v) is 10.7. The lowest BCUT2D eigenvalue weighted by Crippen LogP contribution is -2.60. The molecule has 2 unspecified atom stereocenters. The van der Waals surface area contributed by atoms with E-state index in [9.17, 15) is 4.79 Å². The third-order valence-corrected chi connectivity index (χ3v) is 5.26. The maximum absolute atomic E-state index is 10.7. The van der Waals surface area contributed by atoms with E-state index in [0.717, 1.165) is 11.8 Å². The van der Waals surface area contributed by atoms with E-state index in [2.05, 4.69) is 20.8 Å². The molecule has 3 aliphatic carbocycles. The van der Waals surface area contributed by atoms with Crippen molar-refractivity contribution < 1.29 is 9.90 Å². The standard InChI is InChI=1S/C13H23NO2/c1-8-10-5-9(13(10,2)3)6-11(8)14(4)7-12(15)16/h8-11H,5-7H2,1-4H3,(H,15,16)/t8-,9+,10?,11?/m0/s1. The van der Waals surface area contributed by atoms with E-state index in [1.165, 1.54) is 12.8 Å². The van der Waals surface area contributed by atoms with Gasteiger partial charge in [0.15, 0.2) is 0 Å². The first kappa shape index (κ1) is 11.9. The smallest absolute Gasteiger partial charge is 0.317 e. The highest BCUT2D eigenvalue weighted by Gasteiger charge is 2.56. The number of likely N-dealkylation sites (N-methyl/N-ethyl adjacent to an activating group) is 1. The van der Waals surface area contributed by atoms with Crippen LogP contribution in [0.2, 0.25) is 0 Å². The van der Waals surface area contributed by atoms with Crippen molar-refractivity contribution in [3.63, 3.8) is 0 Å². The molecule has 0 aromatic carbocycles. The van der Waals surface area contributed by atoms with E-state index in [-0.39, 0.29) is 6.54 Å². The number of carboxylic acid groups (broad SMARTS) is 1. The van der Waals surface area contributed by atoms with Gasteiger partial charge in [0.25, 0.3) is 0 Å². The summed E-state index contributed by atoms with van der Waals surface area (Å²) in [5.74, 6) is 1.50. The fraction of sp³-hybridized carbons (Fsp3) is 0.923. The minimum atomic E-state index is -0.715. The average Bonchev–Trinajstić information content (AvgIpc) is 2.15. The summed E-state index contributed by atoms with van der Waals surface area (Å²) < 4.78 is 0. The van der Waals surface area contributed by atoms with Gasteiger partial charge in [-0.1, -0.05) is 20.8 Å². The lowest BCUT2D eigenvalue weighted by molar-refractivity contribution is -0.149. The Kier molecular flexibility index (Phi) is 2.77. The molecule has 0 radical (unpaired) electrons. The van der Waals surface area contributed by atoms with E-state index < -0.39 is 5.97 Å². The highest BCUT2D eigenvalue weighted by atomic mass is 16.4. The molecule has 3 nitrogen and oxygen atoms in total. The summed E-state index contributed by atoms with van der Waals surface area (Å²) in [7, 11) is 1.95. The first-order valence-corrected chi connectivity index (χ1v) is 6.26. The molecule has 3 heteroatoms. The van der Waals surface area contributed by atoms with Gasteiger partial charge in [0.2, 0.25) is 0 Å². The van der Waals surface area contributed by atoms with Crippen LogP contribution in [0.5, 0.6) is 0 Å². The number of rotatable bonds is 3. The predicted molar refractivity (Wildman–Crippen MR) is 63.2 cm³/mol. The van der Waals surface area contributed by atoms with Crippen molar-refractivity contribution in [2.45, 2.75) is 39.7 Å².